The number of hydrogen-bond donors (Lipinski definition) is 1. The van der Waals surface area contributed by atoms with Crippen LogP contribution in [0.3, 0.4) is 0 Å². The van der Waals surface area contributed by atoms with Gasteiger partial charge in [0.1, 0.15) is 28.2 Å². The molecule has 0 spiro atoms. The van der Waals surface area contributed by atoms with Gasteiger partial charge in [-0.3, -0.25) is 0 Å². The highest BCUT2D eigenvalue weighted by Gasteiger charge is 2.39. The summed E-state index contributed by atoms with van der Waals surface area (Å²) < 4.78 is 11.1. The maximum absolute atomic E-state index is 13.1. The molecule has 2 heterocycles. The Morgan fingerprint density at radius 3 is 2.53 bits per heavy atom. The van der Waals surface area contributed by atoms with Gasteiger partial charge in [-0.1, -0.05) is 23.2 Å². The molecule has 6 nitrogen and oxygen atoms in total. The van der Waals surface area contributed by atoms with Crippen LogP contribution in [0.15, 0.2) is 41.0 Å². The van der Waals surface area contributed by atoms with Crippen molar-refractivity contribution in [1.29, 1.82) is 5.26 Å². The number of rotatable bonds is 2. The predicted octanol–water partition coefficient (Wildman–Crippen LogP) is 4.93. The Morgan fingerprint density at radius 2 is 1.93 bits per heavy atom. The standard InChI is InChI=1S/C23H24ClN3O3/c1-11-7-12(2)19-14(8-11)9-15(20(24)27-19)18-16(10-25)21(26)29-13(3)17(18)22(28)30-23(4,5)6/h7-9,18H,26H2,1-6H3. The summed E-state index contributed by atoms with van der Waals surface area (Å²) >= 11 is 6.57. The fourth-order valence-electron chi connectivity index (χ4n) is 3.64. The number of aromatic nitrogens is 1. The van der Waals surface area contributed by atoms with Crippen molar-refractivity contribution in [2.24, 2.45) is 5.73 Å². The van der Waals surface area contributed by atoms with Crippen molar-refractivity contribution < 1.29 is 14.3 Å². The number of nitrogens with two attached hydrogens (primary N) is 1. The van der Waals surface area contributed by atoms with Crippen LogP contribution in [0.5, 0.6) is 0 Å². The zero-order valence-electron chi connectivity index (χ0n) is 17.9. The highest BCUT2D eigenvalue weighted by atomic mass is 35.5. The molecule has 1 aliphatic rings. The topological polar surface area (TPSA) is 98.2 Å². The molecule has 0 aliphatic carbocycles. The van der Waals surface area contributed by atoms with E-state index >= 15 is 0 Å². The van der Waals surface area contributed by atoms with Gasteiger partial charge < -0.3 is 15.2 Å². The van der Waals surface area contributed by atoms with Gasteiger partial charge >= 0.3 is 5.97 Å². The van der Waals surface area contributed by atoms with Crippen molar-refractivity contribution in [2.75, 3.05) is 0 Å². The van der Waals surface area contributed by atoms with Gasteiger partial charge in [-0.2, -0.15) is 5.26 Å². The number of benzene rings is 1. The van der Waals surface area contributed by atoms with Crippen LogP contribution in [0.2, 0.25) is 5.15 Å². The first kappa shape index (κ1) is 21.7. The van der Waals surface area contributed by atoms with Crippen LogP contribution in [0.1, 0.15) is 50.3 Å². The summed E-state index contributed by atoms with van der Waals surface area (Å²) in [6.07, 6.45) is 0. The largest absolute Gasteiger partial charge is 0.456 e. The lowest BCUT2D eigenvalue weighted by Crippen LogP contribution is -2.30. The summed E-state index contributed by atoms with van der Waals surface area (Å²) in [6, 6.07) is 7.93. The molecule has 156 valence electrons. The van der Waals surface area contributed by atoms with E-state index in [1.807, 2.05) is 32.0 Å². The van der Waals surface area contributed by atoms with E-state index in [1.165, 1.54) is 0 Å². The summed E-state index contributed by atoms with van der Waals surface area (Å²) in [7, 11) is 0. The molecule has 7 heteroatoms. The van der Waals surface area contributed by atoms with Crippen LogP contribution in [-0.4, -0.2) is 16.6 Å². The number of pyridine rings is 1. The summed E-state index contributed by atoms with van der Waals surface area (Å²) in [5.74, 6) is -1.24. The predicted molar refractivity (Wildman–Crippen MR) is 115 cm³/mol. The van der Waals surface area contributed by atoms with E-state index in [4.69, 9.17) is 26.8 Å². The monoisotopic (exact) mass is 425 g/mol. The van der Waals surface area contributed by atoms with Gasteiger partial charge in [-0.25, -0.2) is 9.78 Å². The molecule has 0 saturated heterocycles. The summed E-state index contributed by atoms with van der Waals surface area (Å²) in [5, 5.41) is 10.8. The first-order valence-electron chi connectivity index (χ1n) is 9.52. The molecule has 1 unspecified atom stereocenters. The number of hydrogen-bond acceptors (Lipinski definition) is 6. The fourth-order valence-corrected chi connectivity index (χ4v) is 3.89. The van der Waals surface area contributed by atoms with Gasteiger partial charge in [-0.05, 0) is 59.2 Å². The normalized spacial score (nSPS) is 17.1. The van der Waals surface area contributed by atoms with Crippen molar-refractivity contribution in [3.05, 3.63) is 62.8 Å². The quantitative estimate of drug-likeness (QED) is 0.541. The molecule has 1 atom stereocenters. The second-order valence-corrected chi connectivity index (χ2v) is 8.78. The molecule has 30 heavy (non-hydrogen) atoms. The molecule has 0 fully saturated rings. The van der Waals surface area contributed by atoms with E-state index in [2.05, 4.69) is 11.1 Å². The number of carbonyl (C=O) groups excluding carboxylic acids is 1. The van der Waals surface area contributed by atoms with Crippen molar-refractivity contribution in [2.45, 2.75) is 53.1 Å². The van der Waals surface area contributed by atoms with Crippen molar-refractivity contribution in [1.82, 2.24) is 4.98 Å². The van der Waals surface area contributed by atoms with E-state index in [9.17, 15) is 10.1 Å². The number of carbonyl (C=O) groups is 1. The average molecular weight is 426 g/mol. The average Bonchev–Trinajstić information content (AvgIpc) is 2.59. The van der Waals surface area contributed by atoms with Crippen molar-refractivity contribution in [3.8, 4) is 6.07 Å². The zero-order valence-corrected chi connectivity index (χ0v) is 18.6. The Balaban J connectivity index is 2.28. The highest BCUT2D eigenvalue weighted by Crippen LogP contribution is 2.43. The van der Waals surface area contributed by atoms with E-state index < -0.39 is 17.5 Å². The van der Waals surface area contributed by atoms with Crippen LogP contribution < -0.4 is 5.73 Å². The third-order valence-corrected chi connectivity index (χ3v) is 5.07. The van der Waals surface area contributed by atoms with Crippen molar-refractivity contribution in [3.63, 3.8) is 0 Å². The van der Waals surface area contributed by atoms with E-state index in [1.54, 1.807) is 27.7 Å². The molecular weight excluding hydrogens is 402 g/mol. The van der Waals surface area contributed by atoms with E-state index in [-0.39, 0.29) is 27.9 Å². The van der Waals surface area contributed by atoms with Gasteiger partial charge in [-0.15, -0.1) is 0 Å². The lowest BCUT2D eigenvalue weighted by molar-refractivity contribution is -0.150. The smallest absolute Gasteiger partial charge is 0.338 e. The first-order valence-corrected chi connectivity index (χ1v) is 9.90. The Morgan fingerprint density at radius 1 is 1.27 bits per heavy atom. The Kier molecular flexibility index (Phi) is 5.53. The van der Waals surface area contributed by atoms with Gasteiger partial charge in [0, 0.05) is 10.9 Å². The molecule has 2 N–H and O–H groups in total. The molecular formula is C23H24ClN3O3. The van der Waals surface area contributed by atoms with Crippen LogP contribution in [-0.2, 0) is 14.3 Å². The first-order chi connectivity index (χ1) is 13.9. The molecule has 0 bridgehead atoms. The minimum Gasteiger partial charge on any atom is -0.456 e. The number of fused-ring (bicyclic) bond motifs is 1. The number of nitriles is 1. The van der Waals surface area contributed by atoms with Gasteiger partial charge in [0.05, 0.1) is 17.0 Å². The summed E-state index contributed by atoms with van der Waals surface area (Å²) in [5.41, 5.74) is 8.85. The minimum absolute atomic E-state index is 0.0658. The molecule has 1 aromatic heterocycles. The Bertz CT molecular complexity index is 1170. The lowest BCUT2D eigenvalue weighted by Gasteiger charge is -2.29. The maximum Gasteiger partial charge on any atom is 0.338 e. The van der Waals surface area contributed by atoms with Gasteiger partial charge in [0.2, 0.25) is 5.88 Å². The van der Waals surface area contributed by atoms with Crippen LogP contribution in [0.4, 0.5) is 0 Å². The summed E-state index contributed by atoms with van der Waals surface area (Å²) in [4.78, 5) is 17.6. The SMILES string of the molecule is CC1=C(C(=O)OC(C)(C)C)C(c2cc3cc(C)cc(C)c3nc2Cl)C(C#N)=C(N)O1. The zero-order chi connectivity index (χ0) is 22.4. The molecule has 0 saturated carbocycles. The Labute approximate surface area is 180 Å². The molecule has 2 aromatic rings. The van der Waals surface area contributed by atoms with Crippen LogP contribution in [0.25, 0.3) is 10.9 Å². The maximum atomic E-state index is 13.1. The minimum atomic E-state index is -0.844. The van der Waals surface area contributed by atoms with Crippen LogP contribution >= 0.6 is 11.6 Å². The number of halogens is 1. The molecule has 3 rings (SSSR count). The van der Waals surface area contributed by atoms with Crippen LogP contribution in [0, 0.1) is 25.2 Å². The van der Waals surface area contributed by atoms with Gasteiger partial charge in [0.15, 0.2) is 0 Å². The molecule has 1 aromatic carbocycles. The summed E-state index contributed by atoms with van der Waals surface area (Å²) in [6.45, 7) is 10.9. The van der Waals surface area contributed by atoms with Gasteiger partial charge in [0.25, 0.3) is 0 Å². The number of ether oxygens (including phenoxy) is 2. The molecule has 1 aliphatic heterocycles. The van der Waals surface area contributed by atoms with E-state index in [0.29, 0.717) is 5.56 Å². The Hall–Kier alpha value is -3.04. The number of allylic oxidation sites excluding steroid dienone is 2. The number of nitrogens with zero attached hydrogens (tertiary/aromatic N) is 2. The van der Waals surface area contributed by atoms with E-state index in [0.717, 1.165) is 22.0 Å². The lowest BCUT2D eigenvalue weighted by atomic mass is 9.83. The third-order valence-electron chi connectivity index (χ3n) is 4.77. The second-order valence-electron chi connectivity index (χ2n) is 8.42. The molecule has 0 radical (unpaired) electrons. The second kappa shape index (κ2) is 7.66. The highest BCUT2D eigenvalue weighted by molar-refractivity contribution is 6.31. The molecule has 0 amide bonds. The number of aryl methyl sites for hydroxylation is 2. The third kappa shape index (κ3) is 3.99. The number of esters is 1. The fraction of sp³-hybridized carbons (Fsp3) is 0.348. The van der Waals surface area contributed by atoms with Crippen molar-refractivity contribution >= 4 is 28.5 Å².